The topological polar surface area (TPSA) is 174 Å². The minimum Gasteiger partial charge on any atom is -0.461 e. The Bertz CT molecular complexity index is 2140. The van der Waals surface area contributed by atoms with Gasteiger partial charge in [0.2, 0.25) is 12.4 Å². The average Bonchev–Trinajstić information content (AvgIpc) is 3.23. The molecule has 0 amide bonds. The van der Waals surface area contributed by atoms with Crippen LogP contribution in [0, 0.1) is 0 Å². The summed E-state index contributed by atoms with van der Waals surface area (Å²) in [5.74, 6) is -2.91. The highest BCUT2D eigenvalue weighted by Crippen LogP contribution is 2.32. The van der Waals surface area contributed by atoms with Crippen LogP contribution in [0.1, 0.15) is 47.0 Å². The summed E-state index contributed by atoms with van der Waals surface area (Å²) in [4.78, 5) is 54.4. The van der Waals surface area contributed by atoms with E-state index in [9.17, 15) is 19.2 Å². The van der Waals surface area contributed by atoms with Crippen LogP contribution in [0.3, 0.4) is 0 Å². The number of ether oxygens (including phenoxy) is 6. The van der Waals surface area contributed by atoms with Crippen LogP contribution in [-0.2, 0) is 23.7 Å². The average molecular weight is 774 g/mol. The molecule has 0 saturated carbocycles. The Kier molecular flexibility index (Phi) is 13.1. The summed E-state index contributed by atoms with van der Waals surface area (Å²) in [6, 6.07) is 39.1. The van der Waals surface area contributed by atoms with Crippen molar-refractivity contribution in [1.82, 2.24) is 5.43 Å². The van der Waals surface area contributed by atoms with Crippen LogP contribution in [0.15, 0.2) is 151 Å². The number of thiocarbonyl (C=S) groups is 1. The van der Waals surface area contributed by atoms with Gasteiger partial charge in [-0.15, -0.1) is 0 Å². The van der Waals surface area contributed by atoms with Crippen molar-refractivity contribution < 1.29 is 47.6 Å². The summed E-state index contributed by atoms with van der Waals surface area (Å²) < 4.78 is 36.6. The molecule has 5 atom stereocenters. The van der Waals surface area contributed by atoms with Crippen molar-refractivity contribution >= 4 is 47.4 Å². The second kappa shape index (κ2) is 18.9. The van der Waals surface area contributed by atoms with Crippen LogP contribution in [0.2, 0.25) is 0 Å². The maximum atomic E-state index is 13.8. The van der Waals surface area contributed by atoms with Gasteiger partial charge in [0.15, 0.2) is 17.3 Å². The van der Waals surface area contributed by atoms with E-state index in [4.69, 9.17) is 46.4 Å². The predicted octanol–water partition coefficient (Wildman–Crippen LogP) is 5.49. The van der Waals surface area contributed by atoms with Gasteiger partial charge in [0.25, 0.3) is 0 Å². The Morgan fingerprint density at radius 3 is 1.50 bits per heavy atom. The van der Waals surface area contributed by atoms with Crippen LogP contribution in [0.25, 0.3) is 0 Å². The zero-order valence-corrected chi connectivity index (χ0v) is 30.4. The molecule has 1 saturated heterocycles. The number of rotatable bonds is 13. The van der Waals surface area contributed by atoms with Crippen molar-refractivity contribution in [1.29, 1.82) is 0 Å². The second-order valence-electron chi connectivity index (χ2n) is 12.1. The number of esters is 4. The van der Waals surface area contributed by atoms with E-state index in [1.807, 2.05) is 0 Å². The number of carbonyl (C=O) groups is 4. The van der Waals surface area contributed by atoms with Gasteiger partial charge in [-0.1, -0.05) is 72.8 Å². The fourth-order valence-corrected chi connectivity index (χ4v) is 5.61. The highest BCUT2D eigenvalue weighted by atomic mass is 32.1. The fraction of sp³-hybridized carbons (Fsp3) is 0.143. The van der Waals surface area contributed by atoms with Crippen molar-refractivity contribution in [2.45, 2.75) is 30.7 Å². The van der Waals surface area contributed by atoms with Gasteiger partial charge in [0.1, 0.15) is 18.5 Å². The monoisotopic (exact) mass is 773 g/mol. The molecule has 5 aromatic rings. The minimum absolute atomic E-state index is 0.00832. The van der Waals surface area contributed by atoms with E-state index < -0.39 is 61.2 Å². The van der Waals surface area contributed by atoms with E-state index in [1.54, 1.807) is 109 Å². The summed E-state index contributed by atoms with van der Waals surface area (Å²) >= 11 is 4.78. The molecule has 56 heavy (non-hydrogen) atoms. The lowest BCUT2D eigenvalue weighted by atomic mass is 9.97. The lowest BCUT2D eigenvalue weighted by Gasteiger charge is -2.44. The van der Waals surface area contributed by atoms with E-state index in [1.165, 1.54) is 42.6 Å². The highest BCUT2D eigenvalue weighted by molar-refractivity contribution is 7.80. The standard InChI is InChI=1S/C42H35N3O10S/c43-42(56)45-44-25-27-21-23-32(24-22-27)51-41-36(55-40(49)31-19-11-4-12-20-31)35(54-39(48)30-17-9-3-10-18-30)34(53-38(47)29-15-7-2-8-16-29)33(52-41)26-50-37(46)28-13-5-1-6-14-28/h1-25,33-36,41H,26H2,(H3,43,45,56)/b44-25-/t33-,34-,35-,36-,41-/m1/s1. The Morgan fingerprint density at radius 2 is 1.04 bits per heavy atom. The Labute approximate surface area is 326 Å². The highest BCUT2D eigenvalue weighted by Gasteiger charge is 2.54. The van der Waals surface area contributed by atoms with Crippen LogP contribution >= 0.6 is 12.2 Å². The zero-order valence-electron chi connectivity index (χ0n) is 29.5. The first kappa shape index (κ1) is 38.8. The summed E-state index contributed by atoms with van der Waals surface area (Å²) in [6.45, 7) is -0.496. The molecule has 0 radical (unpaired) electrons. The van der Waals surface area contributed by atoms with Crippen LogP contribution in [0.4, 0.5) is 0 Å². The van der Waals surface area contributed by atoms with Crippen molar-refractivity contribution in [3.63, 3.8) is 0 Å². The van der Waals surface area contributed by atoms with Gasteiger partial charge >= 0.3 is 23.9 Å². The molecule has 0 spiro atoms. The summed E-state index contributed by atoms with van der Waals surface area (Å²) in [7, 11) is 0. The van der Waals surface area contributed by atoms with Crippen molar-refractivity contribution in [2.75, 3.05) is 6.61 Å². The molecule has 14 heteroatoms. The lowest BCUT2D eigenvalue weighted by Crippen LogP contribution is -2.63. The smallest absolute Gasteiger partial charge is 0.338 e. The molecule has 284 valence electrons. The molecule has 1 aliphatic heterocycles. The molecule has 6 rings (SSSR count). The third kappa shape index (κ3) is 10.4. The number of hydrogen-bond donors (Lipinski definition) is 2. The molecule has 5 aromatic carbocycles. The predicted molar refractivity (Wildman–Crippen MR) is 207 cm³/mol. The molecule has 0 bridgehead atoms. The van der Waals surface area contributed by atoms with Gasteiger partial charge in [-0.2, -0.15) is 5.10 Å². The molecule has 1 aliphatic rings. The maximum Gasteiger partial charge on any atom is 0.338 e. The third-order valence-electron chi connectivity index (χ3n) is 8.26. The first-order valence-corrected chi connectivity index (χ1v) is 17.7. The number of benzene rings is 5. The number of nitrogens with two attached hydrogens (primary N) is 1. The van der Waals surface area contributed by atoms with Crippen LogP contribution in [0.5, 0.6) is 5.75 Å². The van der Waals surface area contributed by atoms with Gasteiger partial charge in [-0.25, -0.2) is 19.2 Å². The van der Waals surface area contributed by atoms with Gasteiger partial charge in [-0.3, -0.25) is 5.43 Å². The largest absolute Gasteiger partial charge is 0.461 e. The molecule has 0 aromatic heterocycles. The van der Waals surface area contributed by atoms with Gasteiger partial charge in [0.05, 0.1) is 28.5 Å². The van der Waals surface area contributed by atoms with E-state index in [0.717, 1.165) is 0 Å². The lowest BCUT2D eigenvalue weighted by molar-refractivity contribution is -0.275. The van der Waals surface area contributed by atoms with Crippen molar-refractivity contribution in [3.05, 3.63) is 173 Å². The number of hydrazone groups is 1. The van der Waals surface area contributed by atoms with E-state index in [-0.39, 0.29) is 33.1 Å². The van der Waals surface area contributed by atoms with Gasteiger partial charge < -0.3 is 34.2 Å². The first-order chi connectivity index (χ1) is 27.2. The summed E-state index contributed by atoms with van der Waals surface area (Å²) in [5, 5.41) is 3.94. The normalized spacial score (nSPS) is 18.9. The summed E-state index contributed by atoms with van der Waals surface area (Å²) in [5.41, 5.74) is 9.31. The Balaban J connectivity index is 1.40. The molecular weight excluding hydrogens is 739 g/mol. The van der Waals surface area contributed by atoms with E-state index >= 15 is 0 Å². The second-order valence-corrected chi connectivity index (χ2v) is 12.6. The van der Waals surface area contributed by atoms with E-state index in [0.29, 0.717) is 5.56 Å². The Morgan fingerprint density at radius 1 is 0.607 bits per heavy atom. The van der Waals surface area contributed by atoms with Crippen molar-refractivity contribution in [3.8, 4) is 5.75 Å². The summed E-state index contributed by atoms with van der Waals surface area (Å²) in [6.07, 6.45) is -5.99. The number of hydrogen-bond acceptors (Lipinski definition) is 12. The number of carbonyl (C=O) groups excluding carboxylic acids is 4. The fourth-order valence-electron chi connectivity index (χ4n) is 5.56. The molecule has 3 N–H and O–H groups in total. The van der Waals surface area contributed by atoms with Crippen LogP contribution < -0.4 is 15.9 Å². The van der Waals surface area contributed by atoms with Crippen molar-refractivity contribution in [2.24, 2.45) is 10.8 Å². The molecule has 1 fully saturated rings. The Hall–Kier alpha value is -6.90. The minimum atomic E-state index is -1.57. The van der Waals surface area contributed by atoms with Gasteiger partial charge in [-0.05, 0) is 90.6 Å². The van der Waals surface area contributed by atoms with Gasteiger partial charge in [0, 0.05) is 0 Å². The van der Waals surface area contributed by atoms with E-state index in [2.05, 4.69) is 10.5 Å². The number of nitrogens with zero attached hydrogens (tertiary/aromatic N) is 1. The molecule has 0 unspecified atom stereocenters. The SMILES string of the molecule is NC(=S)N/N=C\c1ccc(O[C@@H]2O[C@H](COC(=O)c3ccccc3)[C@@H](OC(=O)c3ccccc3)[C@@H](OC(=O)c3ccccc3)[C@H]2OC(=O)c2ccccc2)cc1. The quantitative estimate of drug-likeness (QED) is 0.0506. The zero-order chi connectivity index (χ0) is 39.3. The third-order valence-corrected chi connectivity index (χ3v) is 8.35. The van der Waals surface area contributed by atoms with Crippen LogP contribution in [-0.4, -0.2) is 72.5 Å². The molecule has 0 aliphatic carbocycles. The molecular formula is C42H35N3O10S. The molecule has 1 heterocycles. The maximum absolute atomic E-state index is 13.8. The molecule has 13 nitrogen and oxygen atoms in total. The first-order valence-electron chi connectivity index (χ1n) is 17.3. The number of nitrogens with one attached hydrogen (secondary N) is 1.